The van der Waals surface area contributed by atoms with Crippen LogP contribution in [0.25, 0.3) is 0 Å². The van der Waals surface area contributed by atoms with Crippen LogP contribution < -0.4 is 0 Å². The number of hydrogen-bond acceptors (Lipinski definition) is 5. The first kappa shape index (κ1) is 10.6. The summed E-state index contributed by atoms with van der Waals surface area (Å²) in [7, 11) is 1.41. The lowest BCUT2D eigenvalue weighted by atomic mass is 10.1. The van der Waals surface area contributed by atoms with E-state index in [4.69, 9.17) is 5.11 Å². The van der Waals surface area contributed by atoms with Crippen LogP contribution in [0.3, 0.4) is 0 Å². The van der Waals surface area contributed by atoms with Crippen molar-refractivity contribution in [2.45, 2.75) is 12.5 Å². The van der Waals surface area contributed by atoms with Crippen LogP contribution >= 0.6 is 0 Å². The van der Waals surface area contributed by atoms with E-state index in [-0.39, 0.29) is 11.6 Å². The number of aliphatic hydroxyl groups is 2. The van der Waals surface area contributed by atoms with Gasteiger partial charge in [0.15, 0.2) is 0 Å². The Morgan fingerprint density at radius 1 is 1.79 bits per heavy atom. The van der Waals surface area contributed by atoms with E-state index in [1.807, 2.05) is 0 Å². The fourth-order valence-corrected chi connectivity index (χ4v) is 1.15. The Morgan fingerprint density at radius 3 is 2.71 bits per heavy atom. The molecule has 0 aliphatic heterocycles. The molecule has 0 aliphatic carbocycles. The molecule has 7 nitrogen and oxygen atoms in total. The molecule has 1 unspecified atom stereocenters. The minimum atomic E-state index is -1.52. The van der Waals surface area contributed by atoms with E-state index in [0.29, 0.717) is 0 Å². The molecule has 1 rings (SSSR count). The SMILES string of the molecule is Cn1c(C(C)(O)CO)cnc1[N+](=O)[O-]. The number of aromatic nitrogens is 2. The van der Waals surface area contributed by atoms with Gasteiger partial charge in [-0.2, -0.15) is 0 Å². The number of nitrogens with zero attached hydrogens (tertiary/aromatic N) is 3. The quantitative estimate of drug-likeness (QED) is 0.508. The lowest BCUT2D eigenvalue weighted by Crippen LogP contribution is -2.28. The molecule has 78 valence electrons. The van der Waals surface area contributed by atoms with Crippen molar-refractivity contribution in [1.29, 1.82) is 0 Å². The minimum Gasteiger partial charge on any atom is -0.393 e. The molecular formula is C7H11N3O4. The summed E-state index contributed by atoms with van der Waals surface area (Å²) in [6, 6.07) is 0. The molecule has 0 aliphatic rings. The van der Waals surface area contributed by atoms with E-state index < -0.39 is 17.1 Å². The monoisotopic (exact) mass is 201 g/mol. The maximum absolute atomic E-state index is 10.4. The van der Waals surface area contributed by atoms with Crippen molar-refractivity contribution < 1.29 is 15.1 Å². The van der Waals surface area contributed by atoms with Gasteiger partial charge in [0.25, 0.3) is 0 Å². The van der Waals surface area contributed by atoms with Gasteiger partial charge in [-0.15, -0.1) is 0 Å². The minimum absolute atomic E-state index is 0.201. The normalized spacial score (nSPS) is 15.1. The van der Waals surface area contributed by atoms with E-state index in [1.54, 1.807) is 0 Å². The van der Waals surface area contributed by atoms with Gasteiger partial charge in [0.05, 0.1) is 13.7 Å². The maximum Gasteiger partial charge on any atom is 0.434 e. The Bertz CT molecular complexity index is 358. The molecule has 14 heavy (non-hydrogen) atoms. The molecule has 1 aromatic rings. The van der Waals surface area contributed by atoms with Crippen LogP contribution in [0, 0.1) is 10.1 Å². The first-order valence-electron chi connectivity index (χ1n) is 3.90. The van der Waals surface area contributed by atoms with Crippen LogP contribution in [0.5, 0.6) is 0 Å². The average Bonchev–Trinajstić information content (AvgIpc) is 2.47. The topological polar surface area (TPSA) is 101 Å². The van der Waals surface area contributed by atoms with Crippen LogP contribution in [0.2, 0.25) is 0 Å². The Kier molecular flexibility index (Phi) is 2.54. The molecule has 0 saturated heterocycles. The molecule has 0 aromatic carbocycles. The molecule has 0 fully saturated rings. The molecule has 0 saturated carbocycles. The number of imidazole rings is 1. The summed E-state index contributed by atoms with van der Waals surface area (Å²) in [5.41, 5.74) is -1.32. The van der Waals surface area contributed by atoms with Gasteiger partial charge in [0.1, 0.15) is 17.5 Å². The van der Waals surface area contributed by atoms with Gasteiger partial charge >= 0.3 is 5.95 Å². The number of nitro groups is 1. The van der Waals surface area contributed by atoms with E-state index in [0.717, 1.165) is 4.57 Å². The van der Waals surface area contributed by atoms with Crippen LogP contribution in [0.1, 0.15) is 12.6 Å². The van der Waals surface area contributed by atoms with Crippen molar-refractivity contribution in [1.82, 2.24) is 9.55 Å². The van der Waals surface area contributed by atoms with Crippen molar-refractivity contribution in [3.05, 3.63) is 22.0 Å². The largest absolute Gasteiger partial charge is 0.434 e. The molecule has 1 aromatic heterocycles. The van der Waals surface area contributed by atoms with Gasteiger partial charge in [-0.05, 0) is 11.8 Å². The van der Waals surface area contributed by atoms with E-state index in [9.17, 15) is 15.2 Å². The van der Waals surface area contributed by atoms with Gasteiger partial charge in [0.2, 0.25) is 0 Å². The maximum atomic E-state index is 10.4. The Morgan fingerprint density at radius 2 is 2.36 bits per heavy atom. The van der Waals surface area contributed by atoms with Crippen molar-refractivity contribution >= 4 is 5.95 Å². The standard InChI is InChI=1S/C7H11N3O4/c1-7(12,4-11)5-3-8-6(9(5)2)10(13)14/h3,11-12H,4H2,1-2H3. The molecule has 0 amide bonds. The first-order valence-corrected chi connectivity index (χ1v) is 3.90. The Labute approximate surface area is 79.8 Å². The average molecular weight is 201 g/mol. The van der Waals surface area contributed by atoms with Crippen LogP contribution in [0.15, 0.2) is 6.20 Å². The van der Waals surface area contributed by atoms with E-state index >= 15 is 0 Å². The zero-order chi connectivity index (χ0) is 10.9. The third-order valence-corrected chi connectivity index (χ3v) is 1.99. The summed E-state index contributed by atoms with van der Waals surface area (Å²) < 4.78 is 1.14. The third-order valence-electron chi connectivity index (χ3n) is 1.99. The zero-order valence-electron chi connectivity index (χ0n) is 7.84. The highest BCUT2D eigenvalue weighted by atomic mass is 16.6. The zero-order valence-corrected chi connectivity index (χ0v) is 7.84. The lowest BCUT2D eigenvalue weighted by molar-refractivity contribution is -0.396. The molecule has 1 heterocycles. The highest BCUT2D eigenvalue weighted by Crippen LogP contribution is 2.22. The third kappa shape index (κ3) is 1.59. The summed E-state index contributed by atoms with van der Waals surface area (Å²) in [4.78, 5) is 13.3. The summed E-state index contributed by atoms with van der Waals surface area (Å²) in [6.07, 6.45) is 1.17. The fourth-order valence-electron chi connectivity index (χ4n) is 1.15. The van der Waals surface area contributed by atoms with Gasteiger partial charge < -0.3 is 20.3 Å². The van der Waals surface area contributed by atoms with Crippen molar-refractivity contribution in [2.24, 2.45) is 7.05 Å². The molecule has 0 radical (unpaired) electrons. The van der Waals surface area contributed by atoms with Crippen LogP contribution in [-0.2, 0) is 12.6 Å². The number of aliphatic hydroxyl groups excluding tert-OH is 1. The van der Waals surface area contributed by atoms with Gasteiger partial charge in [-0.1, -0.05) is 4.98 Å². The van der Waals surface area contributed by atoms with Gasteiger partial charge in [0, 0.05) is 0 Å². The predicted molar refractivity (Wildman–Crippen MR) is 46.5 cm³/mol. The van der Waals surface area contributed by atoms with Crippen molar-refractivity contribution in [3.8, 4) is 0 Å². The number of hydrogen-bond donors (Lipinski definition) is 2. The van der Waals surface area contributed by atoms with Crippen molar-refractivity contribution in [3.63, 3.8) is 0 Å². The molecule has 2 N–H and O–H groups in total. The molecule has 1 atom stereocenters. The molecule has 0 spiro atoms. The van der Waals surface area contributed by atoms with E-state index in [2.05, 4.69) is 4.98 Å². The molecule has 0 bridgehead atoms. The Balaban J connectivity index is 3.19. The summed E-state index contributed by atoms with van der Waals surface area (Å²) in [5, 5.41) is 28.9. The summed E-state index contributed by atoms with van der Waals surface area (Å²) >= 11 is 0. The number of rotatable bonds is 3. The summed E-state index contributed by atoms with van der Waals surface area (Å²) in [5.74, 6) is -0.367. The summed E-state index contributed by atoms with van der Waals surface area (Å²) in [6.45, 7) is 0.831. The highest BCUT2D eigenvalue weighted by molar-refractivity contribution is 5.19. The molecular weight excluding hydrogens is 190 g/mol. The lowest BCUT2D eigenvalue weighted by Gasteiger charge is -2.17. The fraction of sp³-hybridized carbons (Fsp3) is 0.571. The second-order valence-electron chi connectivity index (χ2n) is 3.19. The van der Waals surface area contributed by atoms with Crippen LogP contribution in [-0.4, -0.2) is 31.3 Å². The van der Waals surface area contributed by atoms with Crippen LogP contribution in [0.4, 0.5) is 5.95 Å². The van der Waals surface area contributed by atoms with Gasteiger partial charge in [-0.3, -0.25) is 0 Å². The molecule has 7 heteroatoms. The second kappa shape index (κ2) is 3.35. The predicted octanol–water partition coefficient (Wildman–Crippen LogP) is -0.472. The Hall–Kier alpha value is -1.47. The first-order chi connectivity index (χ1) is 6.40. The van der Waals surface area contributed by atoms with Crippen molar-refractivity contribution in [2.75, 3.05) is 6.61 Å². The second-order valence-corrected chi connectivity index (χ2v) is 3.19. The highest BCUT2D eigenvalue weighted by Gasteiger charge is 2.32. The van der Waals surface area contributed by atoms with Gasteiger partial charge in [-0.25, -0.2) is 4.57 Å². The van der Waals surface area contributed by atoms with E-state index in [1.165, 1.54) is 20.2 Å². The smallest absolute Gasteiger partial charge is 0.393 e.